The minimum Gasteiger partial charge on any atom is -0.480 e. The number of nitrogens with one attached hydrogen (secondary N) is 1. The average molecular weight is 290 g/mol. The number of ether oxygens (including phenoxy) is 1. The Morgan fingerprint density at radius 2 is 1.86 bits per heavy atom. The van der Waals surface area contributed by atoms with Gasteiger partial charge in [-0.15, -0.1) is 0 Å². The van der Waals surface area contributed by atoms with Gasteiger partial charge in [0.15, 0.2) is 0 Å². The molecule has 2 N–H and O–H groups in total. The predicted octanol–water partition coefficient (Wildman–Crippen LogP) is 2.27. The molecule has 0 aliphatic rings. The summed E-state index contributed by atoms with van der Waals surface area (Å²) in [6.45, 7) is 5.00. The molecule has 0 aliphatic heterocycles. The van der Waals surface area contributed by atoms with Gasteiger partial charge in [0, 0.05) is 0 Å². The Kier molecular flexibility index (Phi) is 5.30. The number of hydrogen-bond acceptors (Lipinski definition) is 4. The van der Waals surface area contributed by atoms with Crippen molar-refractivity contribution in [3.8, 4) is 6.07 Å². The van der Waals surface area contributed by atoms with Crippen molar-refractivity contribution in [3.05, 3.63) is 35.9 Å². The Bertz CT molecular complexity index is 543. The van der Waals surface area contributed by atoms with Crippen molar-refractivity contribution >= 4 is 12.1 Å². The molecule has 1 rings (SSSR count). The lowest BCUT2D eigenvalue weighted by atomic mass is 9.93. The van der Waals surface area contributed by atoms with E-state index in [9.17, 15) is 20.0 Å². The van der Waals surface area contributed by atoms with Gasteiger partial charge in [0.25, 0.3) is 0 Å². The number of amides is 1. The normalized spacial score (nSPS) is 13.6. The van der Waals surface area contributed by atoms with Gasteiger partial charge in [0.2, 0.25) is 0 Å². The first-order chi connectivity index (χ1) is 9.74. The van der Waals surface area contributed by atoms with Crippen LogP contribution in [0, 0.1) is 11.3 Å². The molecule has 0 saturated carbocycles. The SMILES string of the molecule is CC(C)(C)OC(=O)N[C@H](C(=O)O)C(C#N)c1ccccc1. The Morgan fingerprint density at radius 3 is 2.29 bits per heavy atom. The van der Waals surface area contributed by atoms with Crippen molar-refractivity contribution < 1.29 is 19.4 Å². The molecule has 1 unspecified atom stereocenters. The molecule has 0 fully saturated rings. The Balaban J connectivity index is 2.93. The molecule has 0 bridgehead atoms. The molecule has 0 aromatic heterocycles. The van der Waals surface area contributed by atoms with Crippen molar-refractivity contribution in [2.75, 3.05) is 0 Å². The van der Waals surface area contributed by atoms with E-state index in [1.807, 2.05) is 6.07 Å². The molecule has 1 aromatic rings. The number of nitrogens with zero attached hydrogens (tertiary/aromatic N) is 1. The molecular weight excluding hydrogens is 272 g/mol. The largest absolute Gasteiger partial charge is 0.480 e. The molecule has 6 nitrogen and oxygen atoms in total. The summed E-state index contributed by atoms with van der Waals surface area (Å²) in [5.74, 6) is -2.30. The number of carbonyl (C=O) groups is 2. The van der Waals surface area contributed by atoms with Gasteiger partial charge in [-0.05, 0) is 26.3 Å². The molecule has 0 radical (unpaired) electrons. The monoisotopic (exact) mass is 290 g/mol. The second-order valence-corrected chi connectivity index (χ2v) is 5.48. The van der Waals surface area contributed by atoms with Gasteiger partial charge in [-0.1, -0.05) is 30.3 Å². The van der Waals surface area contributed by atoms with E-state index < -0.39 is 29.6 Å². The van der Waals surface area contributed by atoms with Crippen molar-refractivity contribution in [1.29, 1.82) is 5.26 Å². The Labute approximate surface area is 123 Å². The number of alkyl carbamates (subject to hydrolysis) is 1. The van der Waals surface area contributed by atoms with Gasteiger partial charge in [-0.2, -0.15) is 5.26 Å². The quantitative estimate of drug-likeness (QED) is 0.886. The van der Waals surface area contributed by atoms with E-state index in [0.717, 1.165) is 0 Å². The summed E-state index contributed by atoms with van der Waals surface area (Å²) < 4.78 is 5.03. The summed E-state index contributed by atoms with van der Waals surface area (Å²) in [5.41, 5.74) is -0.231. The summed E-state index contributed by atoms with van der Waals surface area (Å²) >= 11 is 0. The fourth-order valence-electron chi connectivity index (χ4n) is 1.72. The minimum atomic E-state index is -1.38. The second-order valence-electron chi connectivity index (χ2n) is 5.48. The first-order valence-electron chi connectivity index (χ1n) is 6.41. The van der Waals surface area contributed by atoms with Crippen molar-refractivity contribution in [2.24, 2.45) is 0 Å². The van der Waals surface area contributed by atoms with Crippen LogP contribution in [0.3, 0.4) is 0 Å². The van der Waals surface area contributed by atoms with Crippen LogP contribution < -0.4 is 5.32 Å². The molecule has 0 heterocycles. The Morgan fingerprint density at radius 1 is 1.29 bits per heavy atom. The van der Waals surface area contributed by atoms with E-state index in [4.69, 9.17) is 4.74 Å². The van der Waals surface area contributed by atoms with Gasteiger partial charge >= 0.3 is 12.1 Å². The first-order valence-corrected chi connectivity index (χ1v) is 6.41. The van der Waals surface area contributed by atoms with Crippen LogP contribution in [-0.4, -0.2) is 28.8 Å². The molecule has 0 aliphatic carbocycles. The molecule has 21 heavy (non-hydrogen) atoms. The molecule has 0 spiro atoms. The maximum Gasteiger partial charge on any atom is 0.408 e. The third-order valence-electron chi connectivity index (χ3n) is 2.57. The smallest absolute Gasteiger partial charge is 0.408 e. The Hall–Kier alpha value is -2.55. The number of carbonyl (C=O) groups excluding carboxylic acids is 1. The topological polar surface area (TPSA) is 99.4 Å². The van der Waals surface area contributed by atoms with E-state index in [-0.39, 0.29) is 0 Å². The van der Waals surface area contributed by atoms with Crippen molar-refractivity contribution in [3.63, 3.8) is 0 Å². The summed E-state index contributed by atoms with van der Waals surface area (Å²) in [5, 5.41) is 20.7. The van der Waals surface area contributed by atoms with Crippen LogP contribution in [0.15, 0.2) is 30.3 Å². The van der Waals surface area contributed by atoms with Crippen LogP contribution in [0.4, 0.5) is 4.79 Å². The van der Waals surface area contributed by atoms with Crippen LogP contribution in [0.25, 0.3) is 0 Å². The highest BCUT2D eigenvalue weighted by molar-refractivity contribution is 5.81. The molecule has 0 saturated heterocycles. The fraction of sp³-hybridized carbons (Fsp3) is 0.400. The zero-order valence-electron chi connectivity index (χ0n) is 12.2. The van der Waals surface area contributed by atoms with Gasteiger partial charge in [-0.3, -0.25) is 0 Å². The summed E-state index contributed by atoms with van der Waals surface area (Å²) in [7, 11) is 0. The number of carboxylic acid groups (broad SMARTS) is 1. The number of rotatable bonds is 4. The van der Waals surface area contributed by atoms with Crippen LogP contribution in [0.5, 0.6) is 0 Å². The van der Waals surface area contributed by atoms with Gasteiger partial charge in [-0.25, -0.2) is 9.59 Å². The predicted molar refractivity (Wildman–Crippen MR) is 75.6 cm³/mol. The molecule has 2 atom stereocenters. The maximum atomic E-state index is 11.7. The summed E-state index contributed by atoms with van der Waals surface area (Å²) in [6.07, 6.45) is -0.869. The lowest BCUT2D eigenvalue weighted by Gasteiger charge is -2.24. The summed E-state index contributed by atoms with van der Waals surface area (Å²) in [6, 6.07) is 8.97. The lowest BCUT2D eigenvalue weighted by Crippen LogP contribution is -2.46. The highest BCUT2D eigenvalue weighted by Crippen LogP contribution is 2.19. The van der Waals surface area contributed by atoms with Gasteiger partial charge in [0.05, 0.1) is 6.07 Å². The van der Waals surface area contributed by atoms with E-state index in [1.54, 1.807) is 51.1 Å². The number of benzene rings is 1. The highest BCUT2D eigenvalue weighted by atomic mass is 16.6. The molecule has 6 heteroatoms. The van der Waals surface area contributed by atoms with E-state index in [0.29, 0.717) is 5.56 Å². The van der Waals surface area contributed by atoms with Gasteiger partial charge in [0.1, 0.15) is 17.6 Å². The third kappa shape index (κ3) is 5.15. The van der Waals surface area contributed by atoms with E-state index in [2.05, 4.69) is 5.32 Å². The lowest BCUT2D eigenvalue weighted by molar-refractivity contribution is -0.139. The molecule has 1 aromatic carbocycles. The number of carboxylic acids is 1. The molecule has 1 amide bonds. The first kappa shape index (κ1) is 16.5. The van der Waals surface area contributed by atoms with Crippen LogP contribution in [0.1, 0.15) is 32.3 Å². The second kappa shape index (κ2) is 6.75. The maximum absolute atomic E-state index is 11.7. The van der Waals surface area contributed by atoms with Crippen LogP contribution in [0.2, 0.25) is 0 Å². The zero-order chi connectivity index (χ0) is 16.0. The van der Waals surface area contributed by atoms with E-state index >= 15 is 0 Å². The number of hydrogen-bond donors (Lipinski definition) is 2. The van der Waals surface area contributed by atoms with Crippen LogP contribution >= 0.6 is 0 Å². The molecular formula is C15H18N2O4. The van der Waals surface area contributed by atoms with Crippen LogP contribution in [-0.2, 0) is 9.53 Å². The van der Waals surface area contributed by atoms with Crippen molar-refractivity contribution in [2.45, 2.75) is 38.3 Å². The number of aliphatic carboxylic acids is 1. The molecule has 112 valence electrons. The fourth-order valence-corrected chi connectivity index (χ4v) is 1.72. The van der Waals surface area contributed by atoms with Crippen molar-refractivity contribution in [1.82, 2.24) is 5.32 Å². The van der Waals surface area contributed by atoms with Gasteiger partial charge < -0.3 is 15.2 Å². The highest BCUT2D eigenvalue weighted by Gasteiger charge is 2.32. The standard InChI is InChI=1S/C15H18N2O4/c1-15(2,3)21-14(20)17-12(13(18)19)11(9-16)10-7-5-4-6-8-10/h4-8,11-12H,1-3H3,(H,17,20)(H,18,19)/t11?,12-/m0/s1. The number of nitriles is 1. The third-order valence-corrected chi connectivity index (χ3v) is 2.57. The average Bonchev–Trinajstić information content (AvgIpc) is 2.37. The zero-order valence-corrected chi connectivity index (χ0v) is 12.2. The summed E-state index contributed by atoms with van der Waals surface area (Å²) in [4.78, 5) is 23.1. The van der Waals surface area contributed by atoms with E-state index in [1.165, 1.54) is 0 Å². The minimum absolute atomic E-state index is 0.517.